The van der Waals surface area contributed by atoms with E-state index in [0.29, 0.717) is 24.0 Å². The predicted octanol–water partition coefficient (Wildman–Crippen LogP) is 1.96. The Balaban J connectivity index is 2.23. The second-order valence-electron chi connectivity index (χ2n) is 3.90. The van der Waals surface area contributed by atoms with E-state index >= 15 is 0 Å². The third kappa shape index (κ3) is 3.11. The SMILES string of the molecule is COCc1cccc(Nc2ncnc(OC)c2N)c1. The van der Waals surface area contributed by atoms with Crippen LogP contribution in [0.2, 0.25) is 0 Å². The normalized spacial score (nSPS) is 10.2. The quantitative estimate of drug-likeness (QED) is 0.855. The van der Waals surface area contributed by atoms with Gasteiger partial charge in [0, 0.05) is 12.8 Å². The van der Waals surface area contributed by atoms with Gasteiger partial charge in [0.25, 0.3) is 0 Å². The van der Waals surface area contributed by atoms with Crippen molar-refractivity contribution in [3.8, 4) is 5.88 Å². The summed E-state index contributed by atoms with van der Waals surface area (Å²) in [5.41, 5.74) is 8.22. The first-order valence-electron chi connectivity index (χ1n) is 5.74. The van der Waals surface area contributed by atoms with Gasteiger partial charge in [-0.05, 0) is 17.7 Å². The summed E-state index contributed by atoms with van der Waals surface area (Å²) in [6.45, 7) is 0.554. The molecule has 0 aliphatic rings. The second-order valence-corrected chi connectivity index (χ2v) is 3.90. The van der Waals surface area contributed by atoms with Gasteiger partial charge in [-0.25, -0.2) is 4.98 Å². The van der Waals surface area contributed by atoms with Gasteiger partial charge in [-0.15, -0.1) is 0 Å². The number of nitrogens with zero attached hydrogens (tertiary/aromatic N) is 2. The maximum atomic E-state index is 5.90. The van der Waals surface area contributed by atoms with Crippen LogP contribution in [0.25, 0.3) is 0 Å². The molecule has 0 saturated carbocycles. The molecule has 6 heteroatoms. The van der Waals surface area contributed by atoms with Crippen LogP contribution in [0.4, 0.5) is 17.2 Å². The van der Waals surface area contributed by atoms with Gasteiger partial charge in [0.15, 0.2) is 5.82 Å². The zero-order valence-corrected chi connectivity index (χ0v) is 10.9. The summed E-state index contributed by atoms with van der Waals surface area (Å²) < 4.78 is 10.1. The van der Waals surface area contributed by atoms with Crippen molar-refractivity contribution >= 4 is 17.2 Å². The lowest BCUT2D eigenvalue weighted by atomic mass is 10.2. The van der Waals surface area contributed by atoms with Gasteiger partial charge in [-0.1, -0.05) is 12.1 Å². The van der Waals surface area contributed by atoms with Crippen molar-refractivity contribution < 1.29 is 9.47 Å². The Kier molecular flexibility index (Phi) is 4.15. The number of benzene rings is 1. The van der Waals surface area contributed by atoms with E-state index in [1.807, 2.05) is 24.3 Å². The van der Waals surface area contributed by atoms with E-state index < -0.39 is 0 Å². The van der Waals surface area contributed by atoms with Crippen molar-refractivity contribution in [2.75, 3.05) is 25.3 Å². The minimum absolute atomic E-state index is 0.352. The van der Waals surface area contributed by atoms with Gasteiger partial charge < -0.3 is 20.5 Å². The first-order valence-corrected chi connectivity index (χ1v) is 5.74. The first kappa shape index (κ1) is 13.1. The van der Waals surface area contributed by atoms with Crippen molar-refractivity contribution in [2.24, 2.45) is 0 Å². The van der Waals surface area contributed by atoms with Crippen LogP contribution in [0.15, 0.2) is 30.6 Å². The van der Waals surface area contributed by atoms with Crippen LogP contribution < -0.4 is 15.8 Å². The van der Waals surface area contributed by atoms with Gasteiger partial charge in [0.1, 0.15) is 12.0 Å². The molecule has 0 radical (unpaired) electrons. The average molecular weight is 260 g/mol. The summed E-state index contributed by atoms with van der Waals surface area (Å²) in [7, 11) is 3.18. The van der Waals surface area contributed by atoms with E-state index in [2.05, 4.69) is 15.3 Å². The molecule has 3 N–H and O–H groups in total. The lowest BCUT2D eigenvalue weighted by Crippen LogP contribution is -2.03. The van der Waals surface area contributed by atoms with E-state index in [0.717, 1.165) is 11.3 Å². The first-order chi connectivity index (χ1) is 9.24. The molecule has 0 aliphatic carbocycles. The molecule has 2 aromatic rings. The molecule has 0 fully saturated rings. The van der Waals surface area contributed by atoms with Crippen LogP contribution in [0, 0.1) is 0 Å². The molecule has 0 spiro atoms. The third-order valence-corrected chi connectivity index (χ3v) is 2.54. The largest absolute Gasteiger partial charge is 0.479 e. The summed E-state index contributed by atoms with van der Waals surface area (Å²) in [4.78, 5) is 8.03. The summed E-state index contributed by atoms with van der Waals surface area (Å²) in [6, 6.07) is 7.81. The number of hydrogen-bond acceptors (Lipinski definition) is 6. The number of aromatic nitrogens is 2. The highest BCUT2D eigenvalue weighted by Crippen LogP contribution is 2.27. The molecule has 1 aromatic carbocycles. The van der Waals surface area contributed by atoms with Crippen molar-refractivity contribution in [3.05, 3.63) is 36.2 Å². The summed E-state index contributed by atoms with van der Waals surface area (Å²) in [5, 5.41) is 3.13. The number of hydrogen-bond donors (Lipinski definition) is 2. The Bertz CT molecular complexity index is 560. The molecule has 0 atom stereocenters. The van der Waals surface area contributed by atoms with Crippen LogP contribution in [0.5, 0.6) is 5.88 Å². The second kappa shape index (κ2) is 6.01. The summed E-state index contributed by atoms with van der Waals surface area (Å²) in [5.74, 6) is 0.868. The Labute approximate surface area is 111 Å². The number of ether oxygens (including phenoxy) is 2. The number of nitrogens with one attached hydrogen (secondary N) is 1. The molecule has 1 heterocycles. The van der Waals surface area contributed by atoms with Crippen molar-refractivity contribution in [3.63, 3.8) is 0 Å². The minimum Gasteiger partial charge on any atom is -0.479 e. The van der Waals surface area contributed by atoms with E-state index in [1.54, 1.807) is 7.11 Å². The molecule has 0 amide bonds. The van der Waals surface area contributed by atoms with Crippen LogP contribution in [0.3, 0.4) is 0 Å². The number of anilines is 3. The Morgan fingerprint density at radius 1 is 1.26 bits per heavy atom. The fourth-order valence-corrected chi connectivity index (χ4v) is 1.68. The molecule has 100 valence electrons. The van der Waals surface area contributed by atoms with Gasteiger partial charge >= 0.3 is 0 Å². The molecular weight excluding hydrogens is 244 g/mol. The van der Waals surface area contributed by atoms with Crippen LogP contribution in [-0.4, -0.2) is 24.2 Å². The zero-order chi connectivity index (χ0) is 13.7. The zero-order valence-electron chi connectivity index (χ0n) is 10.9. The van der Waals surface area contributed by atoms with Gasteiger partial charge in [0.05, 0.1) is 13.7 Å². The van der Waals surface area contributed by atoms with E-state index in [1.165, 1.54) is 13.4 Å². The number of rotatable bonds is 5. The van der Waals surface area contributed by atoms with Crippen molar-refractivity contribution in [2.45, 2.75) is 6.61 Å². The predicted molar refractivity (Wildman–Crippen MR) is 73.4 cm³/mol. The Morgan fingerprint density at radius 3 is 2.84 bits per heavy atom. The molecule has 0 unspecified atom stereocenters. The Morgan fingerprint density at radius 2 is 2.11 bits per heavy atom. The van der Waals surface area contributed by atoms with Crippen LogP contribution in [-0.2, 0) is 11.3 Å². The van der Waals surface area contributed by atoms with E-state index in [4.69, 9.17) is 15.2 Å². The highest BCUT2D eigenvalue weighted by Gasteiger charge is 2.08. The molecule has 0 bridgehead atoms. The van der Waals surface area contributed by atoms with Gasteiger partial charge in [0.2, 0.25) is 5.88 Å². The van der Waals surface area contributed by atoms with E-state index in [-0.39, 0.29) is 0 Å². The molecule has 0 aliphatic heterocycles. The smallest absolute Gasteiger partial charge is 0.242 e. The van der Waals surface area contributed by atoms with E-state index in [9.17, 15) is 0 Å². The molecule has 19 heavy (non-hydrogen) atoms. The van der Waals surface area contributed by atoms with Crippen molar-refractivity contribution in [1.82, 2.24) is 9.97 Å². The topological polar surface area (TPSA) is 82.3 Å². The lowest BCUT2D eigenvalue weighted by molar-refractivity contribution is 0.185. The monoisotopic (exact) mass is 260 g/mol. The molecule has 2 rings (SSSR count). The molecule has 0 saturated heterocycles. The molecule has 6 nitrogen and oxygen atoms in total. The van der Waals surface area contributed by atoms with Gasteiger partial charge in [-0.2, -0.15) is 4.98 Å². The number of methoxy groups -OCH3 is 2. The lowest BCUT2D eigenvalue weighted by Gasteiger charge is -2.11. The highest BCUT2D eigenvalue weighted by atomic mass is 16.5. The molecular formula is C13H16N4O2. The Hall–Kier alpha value is -2.34. The average Bonchev–Trinajstić information content (AvgIpc) is 2.42. The fraction of sp³-hybridized carbons (Fsp3) is 0.231. The van der Waals surface area contributed by atoms with Gasteiger partial charge in [-0.3, -0.25) is 0 Å². The number of nitrogens with two attached hydrogens (primary N) is 1. The van der Waals surface area contributed by atoms with Crippen LogP contribution >= 0.6 is 0 Å². The highest BCUT2D eigenvalue weighted by molar-refractivity contribution is 5.72. The summed E-state index contributed by atoms with van der Waals surface area (Å²) in [6.07, 6.45) is 1.40. The fourth-order valence-electron chi connectivity index (χ4n) is 1.68. The van der Waals surface area contributed by atoms with Crippen molar-refractivity contribution in [1.29, 1.82) is 0 Å². The maximum Gasteiger partial charge on any atom is 0.242 e. The standard InChI is InChI=1S/C13H16N4O2/c1-18-7-9-4-3-5-10(6-9)17-12-11(14)13(19-2)16-8-15-12/h3-6,8H,7,14H2,1-2H3,(H,15,16,17). The minimum atomic E-state index is 0.352. The maximum absolute atomic E-state index is 5.90. The van der Waals surface area contributed by atoms with Crippen LogP contribution in [0.1, 0.15) is 5.56 Å². The third-order valence-electron chi connectivity index (χ3n) is 2.54. The number of nitrogen functional groups attached to an aromatic ring is 1. The molecule has 1 aromatic heterocycles. The summed E-state index contributed by atoms with van der Waals surface area (Å²) >= 11 is 0.